The summed E-state index contributed by atoms with van der Waals surface area (Å²) in [4.78, 5) is 0. The maximum Gasteiger partial charge on any atom is 0.148 e. The van der Waals surface area contributed by atoms with E-state index in [4.69, 9.17) is 4.74 Å². The van der Waals surface area contributed by atoms with Crippen LogP contribution in [0.1, 0.15) is 26.7 Å². The molecule has 0 aliphatic rings. The van der Waals surface area contributed by atoms with Crippen LogP contribution in [0, 0.1) is 0 Å². The molecule has 0 radical (unpaired) electrons. The van der Waals surface area contributed by atoms with Crippen LogP contribution < -0.4 is 5.32 Å². The molecule has 1 N–H and O–H groups in total. The van der Waals surface area contributed by atoms with Crippen LogP contribution in [0.4, 0.5) is 0 Å². The minimum Gasteiger partial charge on any atom is -0.383 e. The van der Waals surface area contributed by atoms with Crippen LogP contribution in [0.5, 0.6) is 0 Å². The predicted molar refractivity (Wildman–Crippen MR) is 62.9 cm³/mol. The zero-order chi connectivity index (χ0) is 11.9. The van der Waals surface area contributed by atoms with E-state index in [-0.39, 0.29) is 17.8 Å². The summed E-state index contributed by atoms with van der Waals surface area (Å²) in [5, 5.41) is 3.27. The van der Waals surface area contributed by atoms with Crippen molar-refractivity contribution < 1.29 is 13.2 Å². The smallest absolute Gasteiger partial charge is 0.148 e. The van der Waals surface area contributed by atoms with E-state index in [1.54, 1.807) is 7.11 Å². The van der Waals surface area contributed by atoms with E-state index in [1.807, 2.05) is 6.92 Å². The molecule has 0 saturated carbocycles. The molecule has 5 heteroatoms. The molecule has 2 atom stereocenters. The van der Waals surface area contributed by atoms with Crippen LogP contribution in [0.3, 0.4) is 0 Å². The van der Waals surface area contributed by atoms with Gasteiger partial charge in [-0.15, -0.1) is 0 Å². The SMILES string of the molecule is CCCC(COC)NC(C)CS(C)(=O)=O. The molecule has 2 unspecified atom stereocenters. The number of rotatable bonds is 8. The fourth-order valence-corrected chi connectivity index (χ4v) is 2.67. The number of ether oxygens (including phenoxy) is 1. The zero-order valence-electron chi connectivity index (χ0n) is 10.1. The Labute approximate surface area is 93.3 Å². The van der Waals surface area contributed by atoms with Crippen molar-refractivity contribution in [3.63, 3.8) is 0 Å². The van der Waals surface area contributed by atoms with Gasteiger partial charge in [0.15, 0.2) is 0 Å². The van der Waals surface area contributed by atoms with Crippen LogP contribution >= 0.6 is 0 Å². The quantitative estimate of drug-likeness (QED) is 0.679. The van der Waals surface area contributed by atoms with Crippen molar-refractivity contribution in [2.75, 3.05) is 25.7 Å². The molecular weight excluding hydrogens is 214 g/mol. The van der Waals surface area contributed by atoms with Crippen molar-refractivity contribution >= 4 is 9.84 Å². The van der Waals surface area contributed by atoms with E-state index in [9.17, 15) is 8.42 Å². The van der Waals surface area contributed by atoms with E-state index in [2.05, 4.69) is 12.2 Å². The molecule has 0 rings (SSSR count). The van der Waals surface area contributed by atoms with Gasteiger partial charge in [0.25, 0.3) is 0 Å². The second-order valence-electron chi connectivity index (χ2n) is 4.10. The van der Waals surface area contributed by atoms with E-state index < -0.39 is 9.84 Å². The third-order valence-corrected chi connectivity index (χ3v) is 3.18. The molecule has 0 saturated heterocycles. The molecule has 0 heterocycles. The average molecular weight is 237 g/mol. The van der Waals surface area contributed by atoms with Crippen molar-refractivity contribution in [3.05, 3.63) is 0 Å². The summed E-state index contributed by atoms with van der Waals surface area (Å²) in [6.45, 7) is 4.62. The molecule has 4 nitrogen and oxygen atoms in total. The van der Waals surface area contributed by atoms with Gasteiger partial charge in [0.1, 0.15) is 9.84 Å². The second kappa shape index (κ2) is 7.19. The van der Waals surface area contributed by atoms with Crippen LogP contribution in [-0.4, -0.2) is 46.2 Å². The van der Waals surface area contributed by atoms with E-state index in [1.165, 1.54) is 6.26 Å². The van der Waals surface area contributed by atoms with Crippen molar-refractivity contribution in [3.8, 4) is 0 Å². The first-order chi connectivity index (χ1) is 6.89. The summed E-state index contributed by atoms with van der Waals surface area (Å²) in [6, 6.07) is 0.225. The topological polar surface area (TPSA) is 55.4 Å². The van der Waals surface area contributed by atoms with Crippen LogP contribution in [0.25, 0.3) is 0 Å². The average Bonchev–Trinajstić information content (AvgIpc) is 2.00. The third-order valence-electron chi connectivity index (χ3n) is 2.08. The Morgan fingerprint density at radius 1 is 1.40 bits per heavy atom. The number of nitrogens with one attached hydrogen (secondary N) is 1. The van der Waals surface area contributed by atoms with Crippen molar-refractivity contribution in [2.24, 2.45) is 0 Å². The van der Waals surface area contributed by atoms with E-state index in [0.29, 0.717) is 6.61 Å². The highest BCUT2D eigenvalue weighted by molar-refractivity contribution is 7.90. The molecule has 0 aromatic rings. The lowest BCUT2D eigenvalue weighted by atomic mass is 10.1. The number of hydrogen-bond donors (Lipinski definition) is 1. The first-order valence-electron chi connectivity index (χ1n) is 5.31. The molecule has 0 aliphatic carbocycles. The molecule has 0 spiro atoms. The maximum absolute atomic E-state index is 11.1. The highest BCUT2D eigenvalue weighted by Crippen LogP contribution is 2.00. The summed E-state index contributed by atoms with van der Waals surface area (Å²) in [5.41, 5.74) is 0. The van der Waals surface area contributed by atoms with Crippen molar-refractivity contribution in [1.29, 1.82) is 0 Å². The minimum absolute atomic E-state index is 0.0216. The van der Waals surface area contributed by atoms with Crippen molar-refractivity contribution in [1.82, 2.24) is 5.32 Å². The summed E-state index contributed by atoms with van der Waals surface area (Å²) in [7, 11) is -1.24. The molecule has 0 aliphatic heterocycles. The Balaban J connectivity index is 4.04. The first kappa shape index (κ1) is 14.9. The normalized spacial score (nSPS) is 16.3. The monoisotopic (exact) mass is 237 g/mol. The fourth-order valence-electron chi connectivity index (χ4n) is 1.67. The van der Waals surface area contributed by atoms with Gasteiger partial charge in [-0.25, -0.2) is 8.42 Å². The van der Waals surface area contributed by atoms with Crippen molar-refractivity contribution in [2.45, 2.75) is 38.8 Å². The predicted octanol–water partition coefficient (Wildman–Crippen LogP) is 0.824. The standard InChI is InChI=1S/C10H23NO3S/c1-5-6-10(7-14-3)11-9(2)8-15(4,12)13/h9-11H,5-8H2,1-4H3. The highest BCUT2D eigenvalue weighted by Gasteiger charge is 2.14. The van der Waals surface area contributed by atoms with Gasteiger partial charge in [-0.1, -0.05) is 13.3 Å². The van der Waals surface area contributed by atoms with Crippen LogP contribution in [0.2, 0.25) is 0 Å². The van der Waals surface area contributed by atoms with Gasteiger partial charge in [-0.2, -0.15) is 0 Å². The van der Waals surface area contributed by atoms with Gasteiger partial charge in [0.2, 0.25) is 0 Å². The summed E-state index contributed by atoms with van der Waals surface area (Å²) < 4.78 is 27.2. The summed E-state index contributed by atoms with van der Waals surface area (Å²) in [6.07, 6.45) is 3.32. The second-order valence-corrected chi connectivity index (χ2v) is 6.29. The lowest BCUT2D eigenvalue weighted by molar-refractivity contribution is 0.158. The summed E-state index contributed by atoms with van der Waals surface area (Å²) >= 11 is 0. The Morgan fingerprint density at radius 3 is 2.40 bits per heavy atom. The van der Waals surface area contributed by atoms with Gasteiger partial charge in [-0.3, -0.25) is 0 Å². The first-order valence-corrected chi connectivity index (χ1v) is 7.37. The largest absolute Gasteiger partial charge is 0.383 e. The molecular formula is C10H23NO3S. The molecule has 0 bridgehead atoms. The Bertz CT molecular complexity index is 245. The number of methoxy groups -OCH3 is 1. The lowest BCUT2D eigenvalue weighted by Gasteiger charge is -2.21. The zero-order valence-corrected chi connectivity index (χ0v) is 10.9. The van der Waals surface area contributed by atoms with Crippen LogP contribution in [0.15, 0.2) is 0 Å². The highest BCUT2D eigenvalue weighted by atomic mass is 32.2. The van der Waals surface area contributed by atoms with Crippen LogP contribution in [-0.2, 0) is 14.6 Å². The van der Waals surface area contributed by atoms with Gasteiger partial charge in [0, 0.05) is 25.4 Å². The molecule has 0 fully saturated rings. The van der Waals surface area contributed by atoms with E-state index in [0.717, 1.165) is 12.8 Å². The molecule has 0 amide bonds. The maximum atomic E-state index is 11.1. The molecule has 0 aromatic carbocycles. The Hall–Kier alpha value is -0.130. The molecule has 92 valence electrons. The Morgan fingerprint density at radius 2 is 2.00 bits per heavy atom. The van der Waals surface area contributed by atoms with Gasteiger partial charge < -0.3 is 10.1 Å². The fraction of sp³-hybridized carbons (Fsp3) is 1.00. The van der Waals surface area contributed by atoms with E-state index >= 15 is 0 Å². The lowest BCUT2D eigenvalue weighted by Crippen LogP contribution is -2.42. The van der Waals surface area contributed by atoms with Gasteiger partial charge in [-0.05, 0) is 13.3 Å². The number of sulfone groups is 1. The minimum atomic E-state index is -2.90. The Kier molecular flexibility index (Phi) is 7.13. The van der Waals surface area contributed by atoms with Gasteiger partial charge >= 0.3 is 0 Å². The molecule has 15 heavy (non-hydrogen) atoms. The molecule has 0 aromatic heterocycles. The van der Waals surface area contributed by atoms with Gasteiger partial charge in [0.05, 0.1) is 12.4 Å². The third kappa shape index (κ3) is 8.84. The number of hydrogen-bond acceptors (Lipinski definition) is 4. The summed E-state index contributed by atoms with van der Waals surface area (Å²) in [5.74, 6) is 0.178.